The molecule has 8 heteroatoms. The van der Waals surface area contributed by atoms with Crippen molar-refractivity contribution in [2.75, 3.05) is 46.9 Å². The van der Waals surface area contributed by atoms with Crippen LogP contribution < -0.4 is 15.4 Å². The topological polar surface area (TPSA) is 58.1 Å². The normalized spacial score (nSPS) is 16.9. The summed E-state index contributed by atoms with van der Waals surface area (Å²) in [5, 5.41) is 6.79. The fraction of sp³-hybridized carbons (Fsp3) is 0.650. The van der Waals surface area contributed by atoms with E-state index < -0.39 is 0 Å². The summed E-state index contributed by atoms with van der Waals surface area (Å²) < 4.78 is 24.1. The number of rotatable bonds is 9. The number of hydrogen-bond acceptors (Lipinski definition) is 4. The van der Waals surface area contributed by atoms with Crippen LogP contribution >= 0.6 is 24.0 Å². The van der Waals surface area contributed by atoms with Gasteiger partial charge in [0.25, 0.3) is 0 Å². The van der Waals surface area contributed by atoms with Crippen LogP contribution in [0.2, 0.25) is 0 Å². The Hall–Kier alpha value is -1.13. The molecule has 1 saturated heterocycles. The number of halogens is 2. The van der Waals surface area contributed by atoms with Gasteiger partial charge in [0.1, 0.15) is 17.7 Å². The number of guanidine groups is 1. The maximum atomic E-state index is 13.2. The fourth-order valence-corrected chi connectivity index (χ4v) is 3.18. The van der Waals surface area contributed by atoms with E-state index in [-0.39, 0.29) is 35.9 Å². The first kappa shape index (κ1) is 24.9. The first-order valence-corrected chi connectivity index (χ1v) is 9.71. The predicted octanol–water partition coefficient (Wildman–Crippen LogP) is 2.88. The van der Waals surface area contributed by atoms with Crippen molar-refractivity contribution in [2.24, 2.45) is 4.99 Å². The molecule has 1 heterocycles. The monoisotopic (exact) mass is 508 g/mol. The number of hydrogen-bond donors (Lipinski definition) is 2. The van der Waals surface area contributed by atoms with Crippen LogP contribution in [0.1, 0.15) is 26.2 Å². The largest absolute Gasteiger partial charge is 0.489 e. The summed E-state index contributed by atoms with van der Waals surface area (Å²) in [6, 6.07) is 6.63. The zero-order chi connectivity index (χ0) is 19.5. The van der Waals surface area contributed by atoms with E-state index in [2.05, 4.69) is 20.5 Å². The van der Waals surface area contributed by atoms with Crippen LogP contribution in [0.25, 0.3) is 0 Å². The Kier molecular flexibility index (Phi) is 12.4. The van der Waals surface area contributed by atoms with Gasteiger partial charge in [0, 0.05) is 52.5 Å². The minimum atomic E-state index is -0.293. The molecule has 0 saturated carbocycles. The highest BCUT2D eigenvalue weighted by Gasteiger charge is 2.19. The van der Waals surface area contributed by atoms with E-state index >= 15 is 0 Å². The molecule has 0 bridgehead atoms. The third-order valence-corrected chi connectivity index (χ3v) is 4.67. The highest BCUT2D eigenvalue weighted by molar-refractivity contribution is 14.0. The maximum absolute atomic E-state index is 13.2. The quantitative estimate of drug-likeness (QED) is 0.233. The minimum absolute atomic E-state index is 0. The van der Waals surface area contributed by atoms with Gasteiger partial charge in [0.2, 0.25) is 0 Å². The number of nitrogens with one attached hydrogen (secondary N) is 2. The molecule has 0 radical (unpaired) electrons. The summed E-state index contributed by atoms with van der Waals surface area (Å²) in [5.74, 6) is 1.02. The van der Waals surface area contributed by atoms with Gasteiger partial charge in [-0.05, 0) is 38.3 Å². The smallest absolute Gasteiger partial charge is 0.191 e. The van der Waals surface area contributed by atoms with Gasteiger partial charge in [-0.1, -0.05) is 6.07 Å². The number of benzene rings is 1. The van der Waals surface area contributed by atoms with E-state index in [4.69, 9.17) is 9.47 Å². The Bertz CT molecular complexity index is 583. The number of aliphatic imine (C=N–C) groups is 1. The molecule has 160 valence electrons. The summed E-state index contributed by atoms with van der Waals surface area (Å²) in [6.45, 7) is 6.65. The average molecular weight is 508 g/mol. The highest BCUT2D eigenvalue weighted by Crippen LogP contribution is 2.13. The molecule has 2 rings (SSSR count). The number of methoxy groups -OCH3 is 1. The lowest BCUT2D eigenvalue weighted by molar-refractivity contribution is 0.155. The second-order valence-electron chi connectivity index (χ2n) is 6.95. The molecule has 1 aliphatic rings. The second kappa shape index (κ2) is 13.9. The molecule has 1 atom stereocenters. The zero-order valence-electron chi connectivity index (χ0n) is 17.1. The fourth-order valence-electron chi connectivity index (χ4n) is 3.18. The van der Waals surface area contributed by atoms with Crippen LogP contribution in [0.4, 0.5) is 4.39 Å². The van der Waals surface area contributed by atoms with Crippen molar-refractivity contribution < 1.29 is 13.9 Å². The van der Waals surface area contributed by atoms with Crippen molar-refractivity contribution in [1.29, 1.82) is 0 Å². The molecule has 28 heavy (non-hydrogen) atoms. The van der Waals surface area contributed by atoms with Gasteiger partial charge in [0.15, 0.2) is 5.96 Å². The third kappa shape index (κ3) is 9.38. The Morgan fingerprint density at radius 2 is 2.11 bits per heavy atom. The first-order valence-electron chi connectivity index (χ1n) is 9.71. The van der Waals surface area contributed by atoms with Gasteiger partial charge in [-0.2, -0.15) is 0 Å². The number of ether oxygens (including phenoxy) is 2. The molecule has 1 aromatic carbocycles. The average Bonchev–Trinajstić information content (AvgIpc) is 2.66. The van der Waals surface area contributed by atoms with Crippen molar-refractivity contribution in [3.8, 4) is 5.75 Å². The lowest BCUT2D eigenvalue weighted by atomic mass is 10.1. The van der Waals surface area contributed by atoms with Gasteiger partial charge in [0.05, 0.1) is 6.54 Å². The van der Waals surface area contributed by atoms with E-state index in [0.29, 0.717) is 18.3 Å². The molecule has 1 fully saturated rings. The number of nitrogens with zero attached hydrogens (tertiary/aromatic N) is 2. The van der Waals surface area contributed by atoms with Crippen molar-refractivity contribution in [2.45, 2.75) is 38.3 Å². The maximum Gasteiger partial charge on any atom is 0.191 e. The molecule has 0 aliphatic carbocycles. The van der Waals surface area contributed by atoms with Gasteiger partial charge in [-0.25, -0.2) is 4.39 Å². The van der Waals surface area contributed by atoms with E-state index in [9.17, 15) is 4.39 Å². The van der Waals surface area contributed by atoms with Crippen molar-refractivity contribution >= 4 is 29.9 Å². The van der Waals surface area contributed by atoms with Crippen LogP contribution in [-0.2, 0) is 4.74 Å². The van der Waals surface area contributed by atoms with Crippen molar-refractivity contribution in [3.05, 3.63) is 30.1 Å². The van der Waals surface area contributed by atoms with E-state index in [1.165, 1.54) is 12.1 Å². The molecule has 6 nitrogen and oxygen atoms in total. The van der Waals surface area contributed by atoms with Gasteiger partial charge in [-0.15, -0.1) is 24.0 Å². The SMILES string of the molecule is CN=C(NCC(C)Oc1cccc(F)c1)NC1CCN(CCCOC)CC1.I. The molecule has 1 unspecified atom stereocenters. The van der Waals surface area contributed by atoms with Crippen LogP contribution in [0.3, 0.4) is 0 Å². The van der Waals surface area contributed by atoms with Crippen LogP contribution in [0.5, 0.6) is 5.75 Å². The van der Waals surface area contributed by atoms with Gasteiger partial charge < -0.3 is 25.0 Å². The van der Waals surface area contributed by atoms with Crippen LogP contribution in [0.15, 0.2) is 29.3 Å². The van der Waals surface area contributed by atoms with Crippen LogP contribution in [-0.4, -0.2) is 69.9 Å². The lowest BCUT2D eigenvalue weighted by Crippen LogP contribution is -2.50. The van der Waals surface area contributed by atoms with Crippen LogP contribution in [0, 0.1) is 5.82 Å². The summed E-state index contributed by atoms with van der Waals surface area (Å²) >= 11 is 0. The minimum Gasteiger partial charge on any atom is -0.489 e. The molecule has 2 N–H and O–H groups in total. The molecule has 0 spiro atoms. The summed E-state index contributed by atoms with van der Waals surface area (Å²) in [7, 11) is 3.52. The van der Waals surface area contributed by atoms with Crippen molar-refractivity contribution in [1.82, 2.24) is 15.5 Å². The molecular weight excluding hydrogens is 474 g/mol. The van der Waals surface area contributed by atoms with E-state index in [0.717, 1.165) is 51.5 Å². The molecule has 1 aromatic rings. The summed E-state index contributed by atoms with van der Waals surface area (Å²) in [4.78, 5) is 6.79. The second-order valence-corrected chi connectivity index (χ2v) is 6.95. The Morgan fingerprint density at radius 1 is 1.36 bits per heavy atom. The van der Waals surface area contributed by atoms with Gasteiger partial charge in [-0.3, -0.25) is 4.99 Å². The first-order chi connectivity index (χ1) is 13.1. The molecule has 1 aliphatic heterocycles. The zero-order valence-corrected chi connectivity index (χ0v) is 19.4. The Labute approximate surface area is 185 Å². The van der Waals surface area contributed by atoms with E-state index in [1.54, 1.807) is 26.3 Å². The molecular formula is C20H34FIN4O2. The standard InChI is InChI=1S/C20H33FN4O2.HI/c1-16(27-19-7-4-6-17(21)14-19)15-23-20(22-2)24-18-8-11-25(12-9-18)10-5-13-26-3;/h4,6-7,14,16,18H,5,8-13,15H2,1-3H3,(H2,22,23,24);1H. The Balaban J connectivity index is 0.00000392. The predicted molar refractivity (Wildman–Crippen MR) is 122 cm³/mol. The highest BCUT2D eigenvalue weighted by atomic mass is 127. The van der Waals surface area contributed by atoms with Crippen molar-refractivity contribution in [3.63, 3.8) is 0 Å². The number of likely N-dealkylation sites (tertiary alicyclic amines) is 1. The number of piperidine rings is 1. The molecule has 0 aromatic heterocycles. The Morgan fingerprint density at radius 3 is 2.75 bits per heavy atom. The summed E-state index contributed by atoms with van der Waals surface area (Å²) in [6.07, 6.45) is 3.18. The van der Waals surface area contributed by atoms with Gasteiger partial charge >= 0.3 is 0 Å². The molecule has 0 amide bonds. The third-order valence-electron chi connectivity index (χ3n) is 4.67. The van der Waals surface area contributed by atoms with E-state index in [1.807, 2.05) is 6.92 Å². The summed E-state index contributed by atoms with van der Waals surface area (Å²) in [5.41, 5.74) is 0. The lowest BCUT2D eigenvalue weighted by Gasteiger charge is -2.33.